The van der Waals surface area contributed by atoms with Crippen LogP contribution in [0.5, 0.6) is 0 Å². The fraction of sp³-hybridized carbons (Fsp3) is 0.111. The molecule has 0 bridgehead atoms. The predicted octanol–water partition coefficient (Wildman–Crippen LogP) is 1.01. The fourth-order valence-corrected chi connectivity index (χ4v) is 0.842. The topological polar surface area (TPSA) is 56.0 Å². The van der Waals surface area contributed by atoms with Crippen LogP contribution in [0.1, 0.15) is 16.1 Å². The number of carbonyl (C=O) groups excluding carboxylic acids is 1. The van der Waals surface area contributed by atoms with Crippen LogP contribution in [0.2, 0.25) is 0 Å². The molecule has 13 heavy (non-hydrogen) atoms. The van der Waals surface area contributed by atoms with Gasteiger partial charge in [-0.1, -0.05) is 6.08 Å². The van der Waals surface area contributed by atoms with E-state index in [0.29, 0.717) is 18.5 Å². The number of nitrogens with two attached hydrogens (primary N) is 1. The number of hydrogen-bond acceptors (Lipinski definition) is 3. The van der Waals surface area contributed by atoms with E-state index in [0.717, 1.165) is 6.20 Å². The Hall–Kier alpha value is -1.55. The van der Waals surface area contributed by atoms with E-state index in [9.17, 15) is 9.18 Å². The maximum Gasteiger partial charge on any atom is 0.153 e. The summed E-state index contributed by atoms with van der Waals surface area (Å²) in [5.41, 5.74) is 5.75. The molecule has 2 N–H and O–H groups in total. The molecule has 0 aliphatic heterocycles. The van der Waals surface area contributed by atoms with Crippen LogP contribution in [-0.2, 0) is 0 Å². The summed E-state index contributed by atoms with van der Waals surface area (Å²) >= 11 is 0. The first kappa shape index (κ1) is 9.54. The van der Waals surface area contributed by atoms with Gasteiger partial charge in [-0.05, 0) is 12.1 Å². The summed E-state index contributed by atoms with van der Waals surface area (Å²) < 4.78 is 12.7. The Morgan fingerprint density at radius 2 is 2.38 bits per heavy atom. The van der Waals surface area contributed by atoms with E-state index in [1.165, 1.54) is 6.07 Å². The average molecular weight is 180 g/mol. The molecule has 0 aromatic carbocycles. The minimum Gasteiger partial charge on any atom is -0.327 e. The van der Waals surface area contributed by atoms with Gasteiger partial charge in [-0.25, -0.2) is 4.39 Å². The van der Waals surface area contributed by atoms with Crippen molar-refractivity contribution in [1.82, 2.24) is 4.98 Å². The molecule has 0 spiro atoms. The highest BCUT2D eigenvalue weighted by molar-refractivity contribution is 5.76. The molecule has 0 saturated heterocycles. The molecule has 0 unspecified atom stereocenters. The Bertz CT molecular complexity index is 336. The number of carbonyl (C=O) groups is 1. The zero-order valence-corrected chi connectivity index (χ0v) is 6.90. The van der Waals surface area contributed by atoms with Crippen LogP contribution in [0, 0.1) is 5.82 Å². The molecule has 1 aromatic heterocycles. The van der Waals surface area contributed by atoms with Crippen LogP contribution >= 0.6 is 0 Å². The van der Waals surface area contributed by atoms with E-state index in [-0.39, 0.29) is 5.56 Å². The van der Waals surface area contributed by atoms with Gasteiger partial charge >= 0.3 is 0 Å². The molecule has 0 saturated carbocycles. The maximum atomic E-state index is 12.7. The van der Waals surface area contributed by atoms with Gasteiger partial charge in [0.15, 0.2) is 12.1 Å². The number of rotatable bonds is 3. The highest BCUT2D eigenvalue weighted by atomic mass is 19.1. The number of aldehydes is 1. The lowest BCUT2D eigenvalue weighted by molar-refractivity contribution is 0.111. The molecule has 4 heteroatoms. The second-order valence-corrected chi connectivity index (χ2v) is 2.39. The van der Waals surface area contributed by atoms with Crippen molar-refractivity contribution < 1.29 is 9.18 Å². The molecular formula is C9H9FN2O. The predicted molar refractivity (Wildman–Crippen MR) is 47.7 cm³/mol. The van der Waals surface area contributed by atoms with Gasteiger partial charge in [0.25, 0.3) is 0 Å². The van der Waals surface area contributed by atoms with E-state index in [4.69, 9.17) is 5.73 Å². The fourth-order valence-electron chi connectivity index (χ4n) is 0.842. The Morgan fingerprint density at radius 3 is 3.00 bits per heavy atom. The second-order valence-electron chi connectivity index (χ2n) is 2.39. The lowest BCUT2D eigenvalue weighted by Gasteiger charge is -1.95. The quantitative estimate of drug-likeness (QED) is 0.706. The van der Waals surface area contributed by atoms with Gasteiger partial charge in [-0.3, -0.25) is 9.78 Å². The normalized spacial score (nSPS) is 10.6. The summed E-state index contributed by atoms with van der Waals surface area (Å²) in [6.45, 7) is 0.384. The van der Waals surface area contributed by atoms with Gasteiger partial charge in [0.05, 0.1) is 17.5 Å². The van der Waals surface area contributed by atoms with Gasteiger partial charge in [-0.15, -0.1) is 0 Å². The van der Waals surface area contributed by atoms with Crippen LogP contribution < -0.4 is 5.73 Å². The lowest BCUT2D eigenvalue weighted by Crippen LogP contribution is -1.94. The second kappa shape index (κ2) is 4.47. The summed E-state index contributed by atoms with van der Waals surface area (Å²) in [4.78, 5) is 14.1. The molecular weight excluding hydrogens is 171 g/mol. The van der Waals surface area contributed by atoms with E-state index >= 15 is 0 Å². The Balaban J connectivity index is 2.99. The van der Waals surface area contributed by atoms with Gasteiger partial charge in [0.2, 0.25) is 0 Å². The summed E-state index contributed by atoms with van der Waals surface area (Å²) in [5.74, 6) is -0.611. The van der Waals surface area contributed by atoms with Crippen LogP contribution in [-0.4, -0.2) is 17.8 Å². The highest BCUT2D eigenvalue weighted by Crippen LogP contribution is 2.06. The van der Waals surface area contributed by atoms with Crippen molar-refractivity contribution >= 4 is 12.4 Å². The number of pyridine rings is 1. The van der Waals surface area contributed by atoms with Crippen LogP contribution in [0.4, 0.5) is 4.39 Å². The molecule has 0 fully saturated rings. The molecule has 1 aromatic rings. The monoisotopic (exact) mass is 180 g/mol. The molecule has 68 valence electrons. The SMILES string of the molecule is NCC=Cc1cc(C=O)c(F)cn1. The molecule has 1 heterocycles. The molecule has 1 rings (SSSR count). The van der Waals surface area contributed by atoms with Gasteiger partial charge in [0, 0.05) is 6.54 Å². The molecule has 0 radical (unpaired) electrons. The number of nitrogens with zero attached hydrogens (tertiary/aromatic N) is 1. The Labute approximate surface area is 75.1 Å². The number of halogens is 1. The first-order chi connectivity index (χ1) is 6.27. The van der Waals surface area contributed by atoms with Crippen LogP contribution in [0.25, 0.3) is 6.08 Å². The highest BCUT2D eigenvalue weighted by Gasteiger charge is 2.00. The number of hydrogen-bond donors (Lipinski definition) is 1. The largest absolute Gasteiger partial charge is 0.327 e. The van der Waals surface area contributed by atoms with Crippen molar-refractivity contribution in [3.8, 4) is 0 Å². The molecule has 0 aliphatic carbocycles. The van der Waals surface area contributed by atoms with Crippen molar-refractivity contribution in [3.63, 3.8) is 0 Å². The third-order valence-electron chi connectivity index (χ3n) is 1.46. The minimum absolute atomic E-state index is 0.00618. The number of aromatic nitrogens is 1. The van der Waals surface area contributed by atoms with Crippen molar-refractivity contribution in [2.45, 2.75) is 0 Å². The summed E-state index contributed by atoms with van der Waals surface area (Å²) in [7, 11) is 0. The van der Waals surface area contributed by atoms with Gasteiger partial charge in [0.1, 0.15) is 0 Å². The first-order valence-electron chi connectivity index (χ1n) is 3.75. The average Bonchev–Trinajstić information content (AvgIpc) is 2.16. The zero-order valence-electron chi connectivity index (χ0n) is 6.90. The Morgan fingerprint density at radius 1 is 1.62 bits per heavy atom. The van der Waals surface area contributed by atoms with Gasteiger partial charge < -0.3 is 5.73 Å². The lowest BCUT2D eigenvalue weighted by atomic mass is 10.2. The van der Waals surface area contributed by atoms with Gasteiger partial charge in [-0.2, -0.15) is 0 Å². The van der Waals surface area contributed by atoms with Crippen molar-refractivity contribution in [2.75, 3.05) is 6.54 Å². The molecule has 0 atom stereocenters. The van der Waals surface area contributed by atoms with E-state index in [2.05, 4.69) is 4.98 Å². The maximum absolute atomic E-state index is 12.7. The van der Waals surface area contributed by atoms with Crippen molar-refractivity contribution in [2.24, 2.45) is 5.73 Å². The molecule has 0 aliphatic rings. The zero-order chi connectivity index (χ0) is 9.68. The Kier molecular flexibility index (Phi) is 3.28. The van der Waals surface area contributed by atoms with Crippen molar-refractivity contribution in [1.29, 1.82) is 0 Å². The summed E-state index contributed by atoms with van der Waals surface area (Å²) in [5, 5.41) is 0. The van der Waals surface area contributed by atoms with Crippen LogP contribution in [0.15, 0.2) is 18.3 Å². The van der Waals surface area contributed by atoms with Crippen molar-refractivity contribution in [3.05, 3.63) is 35.4 Å². The molecule has 0 amide bonds. The first-order valence-corrected chi connectivity index (χ1v) is 3.75. The van der Waals surface area contributed by atoms with E-state index < -0.39 is 5.82 Å². The third-order valence-corrected chi connectivity index (χ3v) is 1.46. The standard InChI is InChI=1S/C9H9FN2O/c10-9-5-12-8(2-1-3-11)4-7(9)6-13/h1-2,4-6H,3,11H2. The van der Waals surface area contributed by atoms with E-state index in [1.807, 2.05) is 0 Å². The summed E-state index contributed by atoms with van der Waals surface area (Å²) in [6.07, 6.45) is 4.78. The van der Waals surface area contributed by atoms with E-state index in [1.54, 1.807) is 12.2 Å². The third kappa shape index (κ3) is 2.45. The molecule has 3 nitrogen and oxygen atoms in total. The summed E-state index contributed by atoms with van der Waals surface area (Å²) in [6, 6.07) is 1.37. The van der Waals surface area contributed by atoms with Crippen LogP contribution in [0.3, 0.4) is 0 Å². The smallest absolute Gasteiger partial charge is 0.153 e. The minimum atomic E-state index is -0.611.